The van der Waals surface area contributed by atoms with E-state index in [9.17, 15) is 4.79 Å². The lowest BCUT2D eigenvalue weighted by Crippen LogP contribution is -2.42. The Labute approximate surface area is 138 Å². The van der Waals surface area contributed by atoms with Crippen LogP contribution >= 0.6 is 12.4 Å². The Morgan fingerprint density at radius 1 is 1.36 bits per heavy atom. The van der Waals surface area contributed by atoms with Crippen molar-refractivity contribution in [1.82, 2.24) is 10.6 Å². The lowest BCUT2D eigenvalue weighted by Gasteiger charge is -2.23. The van der Waals surface area contributed by atoms with Crippen LogP contribution in [0.4, 0.5) is 0 Å². The first-order valence-corrected chi connectivity index (χ1v) is 7.48. The third-order valence-corrected chi connectivity index (χ3v) is 3.71. The van der Waals surface area contributed by atoms with Crippen LogP contribution in [0.15, 0.2) is 24.3 Å². The van der Waals surface area contributed by atoms with Crippen molar-refractivity contribution in [3.63, 3.8) is 0 Å². The third-order valence-electron chi connectivity index (χ3n) is 3.71. The van der Waals surface area contributed by atoms with Crippen molar-refractivity contribution in [3.8, 4) is 11.5 Å². The average Bonchev–Trinajstić information content (AvgIpc) is 2.54. The van der Waals surface area contributed by atoms with E-state index in [0.29, 0.717) is 18.2 Å². The van der Waals surface area contributed by atoms with Crippen molar-refractivity contribution < 1.29 is 14.3 Å². The van der Waals surface area contributed by atoms with Gasteiger partial charge in [0, 0.05) is 6.54 Å². The van der Waals surface area contributed by atoms with Gasteiger partial charge in [-0.25, -0.2) is 0 Å². The molecular weight excluding hydrogens is 304 g/mol. The minimum atomic E-state index is -0.505. The largest absolute Gasteiger partial charge is 0.497 e. The van der Waals surface area contributed by atoms with Gasteiger partial charge in [-0.1, -0.05) is 0 Å². The Morgan fingerprint density at radius 2 is 2.05 bits per heavy atom. The van der Waals surface area contributed by atoms with Crippen LogP contribution in [0.25, 0.3) is 0 Å². The number of hydrogen-bond donors (Lipinski definition) is 2. The fraction of sp³-hybridized carbons (Fsp3) is 0.562. The van der Waals surface area contributed by atoms with Gasteiger partial charge in [0.05, 0.1) is 7.11 Å². The zero-order valence-electron chi connectivity index (χ0n) is 13.1. The monoisotopic (exact) mass is 328 g/mol. The lowest BCUT2D eigenvalue weighted by atomic mass is 10.00. The summed E-state index contributed by atoms with van der Waals surface area (Å²) in [5, 5.41) is 6.31. The van der Waals surface area contributed by atoms with E-state index in [1.165, 1.54) is 12.8 Å². The number of piperidine rings is 1. The molecule has 1 aliphatic rings. The van der Waals surface area contributed by atoms with Gasteiger partial charge in [0.1, 0.15) is 11.5 Å². The van der Waals surface area contributed by atoms with Gasteiger partial charge in [-0.2, -0.15) is 0 Å². The SMILES string of the molecule is COc1ccc(OC(C)C(=O)NCC2CCCNC2)cc1.Cl. The number of amides is 1. The minimum Gasteiger partial charge on any atom is -0.497 e. The summed E-state index contributed by atoms with van der Waals surface area (Å²) in [7, 11) is 1.62. The molecular formula is C16H25ClN2O3. The molecule has 2 N–H and O–H groups in total. The van der Waals surface area contributed by atoms with E-state index in [-0.39, 0.29) is 18.3 Å². The van der Waals surface area contributed by atoms with Crippen LogP contribution in [0.5, 0.6) is 11.5 Å². The standard InChI is InChI=1S/C16H24N2O3.ClH/c1-12(21-15-7-5-14(20-2)6-8-15)16(19)18-11-13-4-3-9-17-10-13;/h5-8,12-13,17H,3-4,9-11H2,1-2H3,(H,18,19);1H. The Morgan fingerprint density at radius 3 is 2.64 bits per heavy atom. The first-order chi connectivity index (χ1) is 10.2. The average molecular weight is 329 g/mol. The lowest BCUT2D eigenvalue weighted by molar-refractivity contribution is -0.127. The fourth-order valence-corrected chi connectivity index (χ4v) is 2.40. The zero-order chi connectivity index (χ0) is 15.1. The molecule has 1 saturated heterocycles. The van der Waals surface area contributed by atoms with Crippen molar-refractivity contribution in [2.75, 3.05) is 26.7 Å². The van der Waals surface area contributed by atoms with Gasteiger partial charge in [-0.3, -0.25) is 4.79 Å². The molecule has 5 nitrogen and oxygen atoms in total. The van der Waals surface area contributed by atoms with Gasteiger partial charge in [-0.05, 0) is 63.0 Å². The van der Waals surface area contributed by atoms with Gasteiger partial charge in [-0.15, -0.1) is 12.4 Å². The maximum Gasteiger partial charge on any atom is 0.260 e. The van der Waals surface area contributed by atoms with Gasteiger partial charge in [0.2, 0.25) is 0 Å². The van der Waals surface area contributed by atoms with Gasteiger partial charge in [0.15, 0.2) is 6.10 Å². The van der Waals surface area contributed by atoms with Crippen LogP contribution < -0.4 is 20.1 Å². The summed E-state index contributed by atoms with van der Waals surface area (Å²) in [6, 6.07) is 7.22. The van der Waals surface area contributed by atoms with Crippen LogP contribution in [0.3, 0.4) is 0 Å². The van der Waals surface area contributed by atoms with Crippen LogP contribution in [-0.2, 0) is 4.79 Å². The molecule has 1 amide bonds. The summed E-state index contributed by atoms with van der Waals surface area (Å²) in [5.41, 5.74) is 0. The van der Waals surface area contributed by atoms with Crippen molar-refractivity contribution in [2.24, 2.45) is 5.92 Å². The molecule has 2 unspecified atom stereocenters. The number of benzene rings is 1. The summed E-state index contributed by atoms with van der Waals surface area (Å²) in [4.78, 5) is 12.0. The van der Waals surface area contributed by atoms with E-state index in [2.05, 4.69) is 10.6 Å². The number of rotatable bonds is 6. The molecule has 1 aromatic carbocycles. The second kappa shape index (κ2) is 9.54. The third kappa shape index (κ3) is 5.73. The maximum absolute atomic E-state index is 12.0. The number of carbonyl (C=O) groups excluding carboxylic acids is 1. The molecule has 1 aliphatic heterocycles. The number of ether oxygens (including phenoxy) is 2. The highest BCUT2D eigenvalue weighted by Gasteiger charge is 2.18. The van der Waals surface area contributed by atoms with E-state index in [1.54, 1.807) is 26.2 Å². The predicted octanol–water partition coefficient (Wildman–Crippen LogP) is 2.00. The second-order valence-corrected chi connectivity index (χ2v) is 5.39. The van der Waals surface area contributed by atoms with E-state index >= 15 is 0 Å². The number of halogens is 1. The van der Waals surface area contributed by atoms with Gasteiger partial charge in [0.25, 0.3) is 5.91 Å². The first kappa shape index (κ1) is 18.6. The van der Waals surface area contributed by atoms with E-state index in [0.717, 1.165) is 18.8 Å². The zero-order valence-corrected chi connectivity index (χ0v) is 13.9. The summed E-state index contributed by atoms with van der Waals surface area (Å²) >= 11 is 0. The van der Waals surface area contributed by atoms with Crippen molar-refractivity contribution in [3.05, 3.63) is 24.3 Å². The van der Waals surface area contributed by atoms with Crippen molar-refractivity contribution in [2.45, 2.75) is 25.9 Å². The van der Waals surface area contributed by atoms with E-state index in [4.69, 9.17) is 9.47 Å². The second-order valence-electron chi connectivity index (χ2n) is 5.39. The molecule has 1 aromatic rings. The highest BCUT2D eigenvalue weighted by Crippen LogP contribution is 2.18. The molecule has 0 saturated carbocycles. The van der Waals surface area contributed by atoms with E-state index < -0.39 is 6.10 Å². The van der Waals surface area contributed by atoms with Crippen LogP contribution in [0.2, 0.25) is 0 Å². The van der Waals surface area contributed by atoms with Crippen molar-refractivity contribution in [1.29, 1.82) is 0 Å². The number of nitrogens with one attached hydrogen (secondary N) is 2. The number of carbonyl (C=O) groups is 1. The molecule has 0 aliphatic carbocycles. The smallest absolute Gasteiger partial charge is 0.260 e. The quantitative estimate of drug-likeness (QED) is 0.838. The Hall–Kier alpha value is -1.46. The van der Waals surface area contributed by atoms with Gasteiger partial charge >= 0.3 is 0 Å². The van der Waals surface area contributed by atoms with Crippen molar-refractivity contribution >= 4 is 18.3 Å². The highest BCUT2D eigenvalue weighted by atomic mass is 35.5. The predicted molar refractivity (Wildman–Crippen MR) is 88.9 cm³/mol. The topological polar surface area (TPSA) is 59.6 Å². The first-order valence-electron chi connectivity index (χ1n) is 7.48. The Balaban J connectivity index is 0.00000242. The maximum atomic E-state index is 12.0. The molecule has 2 rings (SSSR count). The molecule has 0 spiro atoms. The molecule has 0 bridgehead atoms. The molecule has 0 radical (unpaired) electrons. The van der Waals surface area contributed by atoms with Crippen LogP contribution in [0, 0.1) is 5.92 Å². The molecule has 1 heterocycles. The minimum absolute atomic E-state index is 0. The number of hydrogen-bond acceptors (Lipinski definition) is 4. The summed E-state index contributed by atoms with van der Waals surface area (Å²) in [6.45, 7) is 4.54. The van der Waals surface area contributed by atoms with Crippen LogP contribution in [0.1, 0.15) is 19.8 Å². The van der Waals surface area contributed by atoms with Gasteiger partial charge < -0.3 is 20.1 Å². The number of methoxy groups -OCH3 is 1. The van der Waals surface area contributed by atoms with E-state index in [1.807, 2.05) is 12.1 Å². The van der Waals surface area contributed by atoms with Crippen LogP contribution in [-0.4, -0.2) is 38.8 Å². The Kier molecular flexibility index (Phi) is 8.06. The highest BCUT2D eigenvalue weighted by molar-refractivity contribution is 5.85. The molecule has 22 heavy (non-hydrogen) atoms. The molecule has 0 aromatic heterocycles. The molecule has 2 atom stereocenters. The Bertz CT molecular complexity index is 447. The summed E-state index contributed by atoms with van der Waals surface area (Å²) in [5.74, 6) is 1.88. The normalized spacial score (nSPS) is 18.7. The molecule has 6 heteroatoms. The summed E-state index contributed by atoms with van der Waals surface area (Å²) in [6.07, 6.45) is 1.84. The summed E-state index contributed by atoms with van der Waals surface area (Å²) < 4.78 is 10.7. The molecule has 124 valence electrons. The molecule has 1 fully saturated rings. The fourth-order valence-electron chi connectivity index (χ4n) is 2.40.